The molecule has 0 spiro atoms. The zero-order chi connectivity index (χ0) is 13.9. The second-order valence-corrected chi connectivity index (χ2v) is 2.72. The minimum absolute atomic E-state index is 1.82. The Hall–Kier alpha value is -1.66. The Morgan fingerprint density at radius 3 is 0.688 bits per heavy atom. The molecule has 11 nitrogen and oxygen atoms in total. The normalized spacial score (nSPS) is 7.12. The predicted octanol–water partition coefficient (Wildman–Crippen LogP) is -2.92. The molecule has 0 atom stereocenters. The molecule has 0 aliphatic carbocycles. The van der Waals surface area contributed by atoms with E-state index >= 15 is 0 Å². The maximum absolute atomic E-state index is 9.10. The molecule has 0 aliphatic heterocycles. The Morgan fingerprint density at radius 1 is 0.625 bits per heavy atom. The number of rotatable bonds is 0. The summed E-state index contributed by atoms with van der Waals surface area (Å²) in [5.74, 6) is -7.30. The van der Waals surface area contributed by atoms with Crippen molar-refractivity contribution in [1.29, 1.82) is 0 Å². The van der Waals surface area contributed by atoms with Crippen LogP contribution in [0.3, 0.4) is 0 Å². The van der Waals surface area contributed by atoms with E-state index in [-0.39, 0.29) is 0 Å². The monoisotopic (exact) mass is 323 g/mol. The molecule has 0 aromatic carbocycles. The molecule has 0 heterocycles. The second-order valence-electron chi connectivity index (χ2n) is 1.47. The molecular weight excluding hydrogens is 317 g/mol. The van der Waals surface area contributed by atoms with E-state index in [1.54, 1.807) is 0 Å². The van der Waals surface area contributed by atoms with Crippen LogP contribution in [0.1, 0.15) is 0 Å². The van der Waals surface area contributed by atoms with Crippen LogP contribution in [0, 0.1) is 0 Å². The summed E-state index contributed by atoms with van der Waals surface area (Å²) >= 11 is -3.70. The topological polar surface area (TPSA) is 207 Å². The van der Waals surface area contributed by atoms with Crippen LogP contribution < -0.4 is 0 Å². The first-order chi connectivity index (χ1) is 7.02. The fourth-order valence-corrected chi connectivity index (χ4v) is 0. The van der Waals surface area contributed by atoms with Gasteiger partial charge < -0.3 is 20.4 Å². The van der Waals surface area contributed by atoms with Gasteiger partial charge in [0.1, 0.15) is 0 Å². The fourth-order valence-electron chi connectivity index (χ4n) is 0. The average molecular weight is 323 g/mol. The van der Waals surface area contributed by atoms with Gasteiger partial charge in [-0.15, -0.1) is 0 Å². The van der Waals surface area contributed by atoms with Crippen LogP contribution >= 0.6 is 0 Å². The first-order valence-electron chi connectivity index (χ1n) is 2.79. The summed E-state index contributed by atoms with van der Waals surface area (Å²) in [6.07, 6.45) is 0. The predicted molar refractivity (Wildman–Crippen MR) is 35.7 cm³/mol. The third-order valence-corrected chi connectivity index (χ3v) is 0.366. The van der Waals surface area contributed by atoms with Crippen molar-refractivity contribution < 1.29 is 69.3 Å². The van der Waals surface area contributed by atoms with Gasteiger partial charge in [-0.25, -0.2) is 19.2 Å². The summed E-state index contributed by atoms with van der Waals surface area (Å²) in [5.41, 5.74) is 0. The number of hydrogen-bond donors (Lipinski definition) is 6. The molecular formula is C4H6NbO11. The van der Waals surface area contributed by atoms with Crippen molar-refractivity contribution in [1.82, 2.24) is 0 Å². The van der Waals surface area contributed by atoms with Crippen molar-refractivity contribution in [3.8, 4) is 0 Å². The first kappa shape index (κ1) is 19.8. The summed E-state index contributed by atoms with van der Waals surface area (Å²) in [5, 5.41) is 29.6. The molecule has 16 heavy (non-hydrogen) atoms. The van der Waals surface area contributed by atoms with Crippen LogP contribution in [-0.2, 0) is 41.6 Å². The van der Waals surface area contributed by atoms with Gasteiger partial charge in [0, 0.05) is 0 Å². The van der Waals surface area contributed by atoms with E-state index in [1.807, 2.05) is 0 Å². The van der Waals surface area contributed by atoms with Gasteiger partial charge in [-0.2, -0.15) is 0 Å². The van der Waals surface area contributed by atoms with Gasteiger partial charge in [0.25, 0.3) is 0 Å². The van der Waals surface area contributed by atoms with E-state index in [1.165, 1.54) is 0 Å². The molecule has 0 aromatic rings. The molecule has 0 rings (SSSR count). The quantitative estimate of drug-likeness (QED) is 0.196. The van der Waals surface area contributed by atoms with Gasteiger partial charge in [-0.1, -0.05) is 0 Å². The molecule has 0 fully saturated rings. The van der Waals surface area contributed by atoms with Crippen LogP contribution in [0.15, 0.2) is 0 Å². The van der Waals surface area contributed by atoms with Gasteiger partial charge in [-0.05, 0) is 0 Å². The van der Waals surface area contributed by atoms with Crippen molar-refractivity contribution >= 4 is 23.9 Å². The van der Waals surface area contributed by atoms with Crippen LogP contribution in [-0.4, -0.2) is 51.5 Å². The fraction of sp³-hybridized carbons (Fsp3) is 0. The minimum atomic E-state index is -3.70. The molecule has 6 N–H and O–H groups in total. The van der Waals surface area contributed by atoms with E-state index in [0.29, 0.717) is 0 Å². The summed E-state index contributed by atoms with van der Waals surface area (Å²) in [6, 6.07) is 0. The summed E-state index contributed by atoms with van der Waals surface area (Å²) in [4.78, 5) is 36.4. The molecule has 0 aliphatic rings. The SMILES string of the molecule is O=C(O)C(=O)O.O=C(O)C(=O)O.[O]=[Nb]([OH])[OH]. The Morgan fingerprint density at radius 2 is 0.688 bits per heavy atom. The van der Waals surface area contributed by atoms with Crippen molar-refractivity contribution in [2.45, 2.75) is 0 Å². The number of hydrogen-bond acceptors (Lipinski definition) is 5. The average Bonchev–Trinajstić information content (AvgIpc) is 2.03. The van der Waals surface area contributed by atoms with Crippen molar-refractivity contribution in [2.24, 2.45) is 0 Å². The first-order valence-corrected chi connectivity index (χ1v) is 5.66. The Bertz CT molecular complexity index is 240. The summed E-state index contributed by atoms with van der Waals surface area (Å²) in [7, 11) is 0. The van der Waals surface area contributed by atoms with E-state index in [0.717, 1.165) is 0 Å². The molecule has 0 aromatic heterocycles. The molecule has 0 saturated carbocycles. The molecule has 0 bridgehead atoms. The Balaban J connectivity index is -0.000000162. The number of carboxylic acid groups (broad SMARTS) is 4. The van der Waals surface area contributed by atoms with Gasteiger partial charge in [0.05, 0.1) is 0 Å². The third-order valence-electron chi connectivity index (χ3n) is 0.366. The van der Waals surface area contributed by atoms with Crippen molar-refractivity contribution in [3.63, 3.8) is 0 Å². The van der Waals surface area contributed by atoms with Gasteiger partial charge in [-0.3, -0.25) is 0 Å². The van der Waals surface area contributed by atoms with E-state index < -0.39 is 43.1 Å². The van der Waals surface area contributed by atoms with Gasteiger partial charge >= 0.3 is 53.6 Å². The second kappa shape index (κ2) is 11.4. The number of carboxylic acids is 4. The maximum atomic E-state index is 9.10. The molecule has 93 valence electrons. The third kappa shape index (κ3) is 39.5. The van der Waals surface area contributed by atoms with Crippen LogP contribution in [0.5, 0.6) is 0 Å². The zero-order valence-corrected chi connectivity index (χ0v) is 9.37. The molecule has 12 heteroatoms. The van der Waals surface area contributed by atoms with E-state index in [9.17, 15) is 0 Å². The summed E-state index contributed by atoms with van der Waals surface area (Å²) in [6.45, 7) is 0. The van der Waals surface area contributed by atoms with E-state index in [4.69, 9.17) is 50.1 Å². The Labute approximate surface area is 93.6 Å². The molecule has 0 radical (unpaired) electrons. The number of carbonyl (C=O) groups is 4. The van der Waals surface area contributed by atoms with Crippen LogP contribution in [0.2, 0.25) is 0 Å². The van der Waals surface area contributed by atoms with Gasteiger partial charge in [0.15, 0.2) is 0 Å². The zero-order valence-electron chi connectivity index (χ0n) is 7.17. The van der Waals surface area contributed by atoms with Crippen molar-refractivity contribution in [3.05, 3.63) is 0 Å². The molecule has 0 unspecified atom stereocenters. The van der Waals surface area contributed by atoms with Crippen LogP contribution in [0.4, 0.5) is 0 Å². The Kier molecular flexibility index (Phi) is 14.2. The van der Waals surface area contributed by atoms with Crippen LogP contribution in [0.25, 0.3) is 0 Å². The van der Waals surface area contributed by atoms with E-state index in [2.05, 4.69) is 0 Å². The standard InChI is InChI=1S/2C2H2O4.Nb.2H2O.O/c2*3-1(4)2(5)6;;;;/h2*(H,3,4)(H,5,6);;2*1H2;/q;;+2;;;/p-2. The molecule has 0 amide bonds. The van der Waals surface area contributed by atoms with Crippen molar-refractivity contribution in [2.75, 3.05) is 0 Å². The number of aliphatic carboxylic acids is 4. The van der Waals surface area contributed by atoms with Gasteiger partial charge in [0.2, 0.25) is 0 Å². The molecule has 0 saturated heterocycles. The summed E-state index contributed by atoms with van der Waals surface area (Å²) < 4.78 is 23.3.